The lowest BCUT2D eigenvalue weighted by Gasteiger charge is -2.16. The Bertz CT molecular complexity index is 1350. The molecule has 0 fully saturated rings. The molecule has 1 heterocycles. The highest BCUT2D eigenvalue weighted by molar-refractivity contribution is 7.92. The van der Waals surface area contributed by atoms with Gasteiger partial charge in [-0.05, 0) is 68.9 Å². The summed E-state index contributed by atoms with van der Waals surface area (Å²) in [6.07, 6.45) is 0.951. The summed E-state index contributed by atoms with van der Waals surface area (Å²) in [5.41, 5.74) is 5.74. The number of nitrogens with zero attached hydrogens (tertiary/aromatic N) is 1. The van der Waals surface area contributed by atoms with Gasteiger partial charge < -0.3 is 15.5 Å². The lowest BCUT2D eigenvalue weighted by molar-refractivity contribution is -0.110. The van der Waals surface area contributed by atoms with Gasteiger partial charge in [-0.25, -0.2) is 8.42 Å². The van der Waals surface area contributed by atoms with Gasteiger partial charge >= 0.3 is 0 Å². The molecule has 0 saturated carbocycles. The molecule has 1 aliphatic heterocycles. The Hall–Kier alpha value is -3.62. The van der Waals surface area contributed by atoms with Crippen molar-refractivity contribution in [3.8, 4) is 0 Å². The molecule has 0 aliphatic carbocycles. The highest BCUT2D eigenvalue weighted by Crippen LogP contribution is 2.39. The maximum atomic E-state index is 13.1. The third-order valence-electron chi connectivity index (χ3n) is 5.80. The number of sulfonamides is 1. The fourth-order valence-corrected chi connectivity index (χ4v) is 4.50. The average molecular weight is 491 g/mol. The molecule has 3 aromatic carbocycles. The molecule has 0 bridgehead atoms. The molecule has 8 heteroatoms. The Balaban J connectivity index is 1.75. The monoisotopic (exact) mass is 490 g/mol. The molecule has 0 atom stereocenters. The molecular formula is C27H30N4O3S. The number of hydrogen-bond acceptors (Lipinski definition) is 5. The van der Waals surface area contributed by atoms with Gasteiger partial charge in [-0.1, -0.05) is 42.5 Å². The van der Waals surface area contributed by atoms with Crippen molar-refractivity contribution < 1.29 is 13.2 Å². The van der Waals surface area contributed by atoms with E-state index in [2.05, 4.69) is 46.5 Å². The summed E-state index contributed by atoms with van der Waals surface area (Å²) < 4.78 is 26.8. The van der Waals surface area contributed by atoms with Crippen molar-refractivity contribution >= 4 is 44.3 Å². The molecule has 35 heavy (non-hydrogen) atoms. The van der Waals surface area contributed by atoms with Gasteiger partial charge in [-0.15, -0.1) is 0 Å². The average Bonchev–Trinajstić information content (AvgIpc) is 3.17. The fraction of sp³-hybridized carbons (Fsp3) is 0.222. The molecule has 0 aromatic heterocycles. The van der Waals surface area contributed by atoms with E-state index in [0.717, 1.165) is 24.2 Å². The lowest BCUT2D eigenvalue weighted by Crippen LogP contribution is -2.15. The maximum Gasteiger partial charge on any atom is 0.258 e. The van der Waals surface area contributed by atoms with Gasteiger partial charge in [0.25, 0.3) is 5.91 Å². The summed E-state index contributed by atoms with van der Waals surface area (Å²) in [6, 6.07) is 22.9. The van der Waals surface area contributed by atoms with Crippen LogP contribution in [-0.2, 0) is 21.2 Å². The SMILES string of the molecule is CCS(=O)(=O)Nc1ccc2c(c1)/C(=C(\Nc1ccc(CCN(C)C)cc1)c1ccccc1)C(=O)N2. The lowest BCUT2D eigenvalue weighted by atomic mass is 9.99. The molecule has 3 aromatic rings. The highest BCUT2D eigenvalue weighted by atomic mass is 32.2. The van der Waals surface area contributed by atoms with Crippen LogP contribution in [0.4, 0.5) is 17.1 Å². The van der Waals surface area contributed by atoms with Gasteiger partial charge in [-0.3, -0.25) is 9.52 Å². The predicted octanol–water partition coefficient (Wildman–Crippen LogP) is 4.48. The second-order valence-electron chi connectivity index (χ2n) is 8.71. The fourth-order valence-electron chi connectivity index (χ4n) is 3.87. The van der Waals surface area contributed by atoms with E-state index in [1.165, 1.54) is 5.56 Å². The van der Waals surface area contributed by atoms with Crippen LogP contribution in [0.2, 0.25) is 0 Å². The summed E-state index contributed by atoms with van der Waals surface area (Å²) >= 11 is 0. The van der Waals surface area contributed by atoms with Gasteiger partial charge in [0, 0.05) is 29.2 Å². The van der Waals surface area contributed by atoms with E-state index < -0.39 is 10.0 Å². The number of hydrogen-bond donors (Lipinski definition) is 3. The van der Waals surface area contributed by atoms with Crippen molar-refractivity contribution in [2.75, 3.05) is 41.7 Å². The smallest absolute Gasteiger partial charge is 0.258 e. The normalized spacial score (nSPS) is 14.5. The minimum absolute atomic E-state index is 0.0364. The number of amides is 1. The number of anilines is 3. The zero-order chi connectivity index (χ0) is 25.0. The van der Waals surface area contributed by atoms with E-state index in [1.54, 1.807) is 25.1 Å². The maximum absolute atomic E-state index is 13.1. The molecule has 0 radical (unpaired) electrons. The first kappa shape index (κ1) is 24.5. The number of likely N-dealkylation sites (N-methyl/N-ethyl adjacent to an activating group) is 1. The largest absolute Gasteiger partial charge is 0.354 e. The van der Waals surface area contributed by atoms with Crippen LogP contribution >= 0.6 is 0 Å². The Morgan fingerprint density at radius 2 is 1.63 bits per heavy atom. The second kappa shape index (κ2) is 10.3. The Morgan fingerprint density at radius 1 is 0.943 bits per heavy atom. The number of rotatable bonds is 9. The summed E-state index contributed by atoms with van der Waals surface area (Å²) in [5.74, 6) is -0.282. The van der Waals surface area contributed by atoms with Crippen molar-refractivity contribution in [3.63, 3.8) is 0 Å². The van der Waals surface area contributed by atoms with Crippen molar-refractivity contribution in [3.05, 3.63) is 89.5 Å². The number of carbonyl (C=O) groups is 1. The number of carbonyl (C=O) groups excluding carboxylic acids is 1. The van der Waals surface area contributed by atoms with E-state index in [-0.39, 0.29) is 11.7 Å². The summed E-state index contributed by atoms with van der Waals surface area (Å²) in [4.78, 5) is 15.3. The van der Waals surface area contributed by atoms with E-state index >= 15 is 0 Å². The second-order valence-corrected chi connectivity index (χ2v) is 10.7. The molecule has 7 nitrogen and oxygen atoms in total. The van der Waals surface area contributed by atoms with Crippen LogP contribution < -0.4 is 15.4 Å². The van der Waals surface area contributed by atoms with Crippen LogP contribution in [0.1, 0.15) is 23.6 Å². The molecule has 4 rings (SSSR count). The van der Waals surface area contributed by atoms with Gasteiger partial charge in [0.15, 0.2) is 0 Å². The van der Waals surface area contributed by atoms with Crippen LogP contribution in [0.5, 0.6) is 0 Å². The number of nitrogens with one attached hydrogen (secondary N) is 3. The molecule has 182 valence electrons. The molecular weight excluding hydrogens is 460 g/mol. The molecule has 0 spiro atoms. The molecule has 1 amide bonds. The van der Waals surface area contributed by atoms with Crippen molar-refractivity contribution in [1.29, 1.82) is 0 Å². The van der Waals surface area contributed by atoms with E-state index in [0.29, 0.717) is 28.2 Å². The topological polar surface area (TPSA) is 90.5 Å². The minimum atomic E-state index is -3.45. The minimum Gasteiger partial charge on any atom is -0.354 e. The van der Waals surface area contributed by atoms with Crippen LogP contribution in [0.25, 0.3) is 11.3 Å². The van der Waals surface area contributed by atoms with Crippen LogP contribution in [0.15, 0.2) is 72.8 Å². The number of benzene rings is 3. The third kappa shape index (κ3) is 5.90. The highest BCUT2D eigenvalue weighted by Gasteiger charge is 2.29. The summed E-state index contributed by atoms with van der Waals surface area (Å²) in [5, 5.41) is 6.35. The van der Waals surface area contributed by atoms with Crippen LogP contribution in [0, 0.1) is 0 Å². The predicted molar refractivity (Wildman–Crippen MR) is 144 cm³/mol. The number of fused-ring (bicyclic) bond motifs is 1. The first-order valence-electron chi connectivity index (χ1n) is 11.5. The standard InChI is InChI=1S/C27H30N4O3S/c1-4-35(33,34)30-22-14-15-24-23(18-22)25(27(32)29-24)26(20-8-6-5-7-9-20)28-21-12-10-19(11-13-21)16-17-31(2)3/h5-15,18,28,30H,4,16-17H2,1-3H3,(H,29,32)/b26-25+. The van der Waals surface area contributed by atoms with E-state index in [4.69, 9.17) is 0 Å². The Morgan fingerprint density at radius 3 is 2.29 bits per heavy atom. The molecule has 0 saturated heterocycles. The molecule has 3 N–H and O–H groups in total. The van der Waals surface area contributed by atoms with Crippen LogP contribution in [-0.4, -0.2) is 45.6 Å². The first-order valence-corrected chi connectivity index (χ1v) is 13.2. The summed E-state index contributed by atoms with van der Waals surface area (Å²) in [7, 11) is 0.659. The quantitative estimate of drug-likeness (QED) is 0.385. The van der Waals surface area contributed by atoms with E-state index in [9.17, 15) is 13.2 Å². The summed E-state index contributed by atoms with van der Waals surface area (Å²) in [6.45, 7) is 2.54. The van der Waals surface area contributed by atoms with Crippen molar-refractivity contribution in [2.45, 2.75) is 13.3 Å². The zero-order valence-electron chi connectivity index (χ0n) is 20.1. The van der Waals surface area contributed by atoms with Gasteiger partial charge in [0.1, 0.15) is 0 Å². The van der Waals surface area contributed by atoms with E-state index in [1.807, 2.05) is 42.5 Å². The van der Waals surface area contributed by atoms with Crippen molar-refractivity contribution in [2.24, 2.45) is 0 Å². The third-order valence-corrected chi connectivity index (χ3v) is 7.11. The van der Waals surface area contributed by atoms with Gasteiger partial charge in [-0.2, -0.15) is 0 Å². The molecule has 0 unspecified atom stereocenters. The van der Waals surface area contributed by atoms with Crippen LogP contribution in [0.3, 0.4) is 0 Å². The molecule has 1 aliphatic rings. The van der Waals surface area contributed by atoms with Crippen molar-refractivity contribution in [1.82, 2.24) is 4.90 Å². The zero-order valence-corrected chi connectivity index (χ0v) is 20.9. The van der Waals surface area contributed by atoms with Gasteiger partial charge in [0.2, 0.25) is 10.0 Å². The first-order chi connectivity index (χ1) is 16.8. The Kier molecular flexibility index (Phi) is 7.23. The van der Waals surface area contributed by atoms with Gasteiger partial charge in [0.05, 0.1) is 17.0 Å². The Labute approximate surface area is 206 Å².